The van der Waals surface area contributed by atoms with Crippen LogP contribution in [0.2, 0.25) is 5.02 Å². The Kier molecular flexibility index (Phi) is 8.76. The number of nitrogens with zero attached hydrogens (tertiary/aromatic N) is 3. The average molecular weight is 471 g/mol. The van der Waals surface area contributed by atoms with E-state index in [-0.39, 0.29) is 18.3 Å². The molecular weight excluding hydrogens is 444 g/mol. The van der Waals surface area contributed by atoms with E-state index >= 15 is 0 Å². The SMILES string of the molecule is C=CCn1c(COc2ccc(CCC)cc2)nnc1SCC(=O)Nc1ccc(C)c(Cl)c1. The van der Waals surface area contributed by atoms with Crippen molar-refractivity contribution in [3.63, 3.8) is 0 Å². The molecule has 0 aliphatic rings. The number of halogens is 1. The molecule has 0 saturated heterocycles. The van der Waals surface area contributed by atoms with E-state index in [9.17, 15) is 4.79 Å². The maximum absolute atomic E-state index is 12.4. The van der Waals surface area contributed by atoms with Crippen LogP contribution in [0.25, 0.3) is 0 Å². The largest absolute Gasteiger partial charge is 0.486 e. The monoisotopic (exact) mass is 470 g/mol. The van der Waals surface area contributed by atoms with E-state index in [0.717, 1.165) is 24.2 Å². The third-order valence-electron chi connectivity index (χ3n) is 4.72. The summed E-state index contributed by atoms with van der Waals surface area (Å²) in [6.07, 6.45) is 3.94. The molecule has 3 rings (SSSR count). The molecule has 1 aromatic heterocycles. The van der Waals surface area contributed by atoms with Gasteiger partial charge in [0.05, 0.1) is 5.75 Å². The molecule has 6 nitrogen and oxygen atoms in total. The quantitative estimate of drug-likeness (QED) is 0.288. The summed E-state index contributed by atoms with van der Waals surface area (Å²) < 4.78 is 7.79. The van der Waals surface area contributed by atoms with Gasteiger partial charge in [-0.15, -0.1) is 16.8 Å². The fourth-order valence-electron chi connectivity index (χ4n) is 3.03. The summed E-state index contributed by atoms with van der Waals surface area (Å²) in [5.74, 6) is 1.51. The van der Waals surface area contributed by atoms with Crippen LogP contribution in [0.15, 0.2) is 60.3 Å². The second-order valence-electron chi connectivity index (χ2n) is 7.28. The Morgan fingerprint density at radius 1 is 1.25 bits per heavy atom. The third-order valence-corrected chi connectivity index (χ3v) is 6.10. The summed E-state index contributed by atoms with van der Waals surface area (Å²) in [7, 11) is 0. The number of rotatable bonds is 11. The summed E-state index contributed by atoms with van der Waals surface area (Å²) in [5, 5.41) is 12.6. The van der Waals surface area contributed by atoms with Gasteiger partial charge in [-0.25, -0.2) is 0 Å². The number of hydrogen-bond acceptors (Lipinski definition) is 5. The molecule has 0 bridgehead atoms. The number of carbonyl (C=O) groups excluding carboxylic acids is 1. The van der Waals surface area contributed by atoms with Gasteiger partial charge in [0.25, 0.3) is 0 Å². The number of benzene rings is 2. The van der Waals surface area contributed by atoms with E-state index in [4.69, 9.17) is 16.3 Å². The van der Waals surface area contributed by atoms with Crippen LogP contribution in [-0.4, -0.2) is 26.4 Å². The van der Waals surface area contributed by atoms with Crippen molar-refractivity contribution in [2.24, 2.45) is 0 Å². The molecule has 0 aliphatic heterocycles. The molecule has 1 amide bonds. The molecule has 1 N–H and O–H groups in total. The zero-order chi connectivity index (χ0) is 22.9. The topological polar surface area (TPSA) is 69.0 Å². The second kappa shape index (κ2) is 11.7. The zero-order valence-electron chi connectivity index (χ0n) is 18.3. The van der Waals surface area contributed by atoms with Crippen LogP contribution in [0, 0.1) is 6.92 Å². The number of aryl methyl sites for hydroxylation is 2. The summed E-state index contributed by atoms with van der Waals surface area (Å²) in [5.41, 5.74) is 2.92. The Bertz CT molecular complexity index is 1070. The van der Waals surface area contributed by atoms with Crippen molar-refractivity contribution < 1.29 is 9.53 Å². The Morgan fingerprint density at radius 2 is 2.03 bits per heavy atom. The standard InChI is InChI=1S/C24H27ClN4O2S/c1-4-6-18-8-11-20(12-9-18)31-15-22-27-28-24(29(22)13-5-2)32-16-23(30)26-19-10-7-17(3)21(25)14-19/h5,7-12,14H,2,4,6,13,15-16H2,1,3H3,(H,26,30). The molecule has 0 spiro atoms. The lowest BCUT2D eigenvalue weighted by molar-refractivity contribution is -0.113. The molecule has 0 fully saturated rings. The van der Waals surface area contributed by atoms with E-state index in [2.05, 4.69) is 41.1 Å². The minimum atomic E-state index is -0.145. The average Bonchev–Trinajstić information content (AvgIpc) is 3.16. The number of aromatic nitrogens is 3. The van der Waals surface area contributed by atoms with Crippen molar-refractivity contribution in [3.8, 4) is 5.75 Å². The first-order valence-corrected chi connectivity index (χ1v) is 11.8. The van der Waals surface area contributed by atoms with Crippen LogP contribution in [0.5, 0.6) is 5.75 Å². The summed E-state index contributed by atoms with van der Waals surface area (Å²) in [4.78, 5) is 12.4. The molecule has 2 aromatic carbocycles. The van der Waals surface area contributed by atoms with E-state index < -0.39 is 0 Å². The maximum atomic E-state index is 12.4. The second-order valence-corrected chi connectivity index (χ2v) is 8.63. The number of thioether (sulfide) groups is 1. The van der Waals surface area contributed by atoms with Crippen LogP contribution in [0.4, 0.5) is 5.69 Å². The van der Waals surface area contributed by atoms with Crippen molar-refractivity contribution >= 4 is 35.0 Å². The maximum Gasteiger partial charge on any atom is 0.234 e. The Labute approximate surface area is 198 Å². The molecule has 32 heavy (non-hydrogen) atoms. The third kappa shape index (κ3) is 6.61. The van der Waals surface area contributed by atoms with Gasteiger partial charge in [-0.1, -0.05) is 61.0 Å². The summed E-state index contributed by atoms with van der Waals surface area (Å²) >= 11 is 7.44. The van der Waals surface area contributed by atoms with Crippen LogP contribution in [0.1, 0.15) is 30.3 Å². The molecule has 0 unspecified atom stereocenters. The first-order valence-electron chi connectivity index (χ1n) is 10.4. The summed E-state index contributed by atoms with van der Waals surface area (Å²) in [6.45, 7) is 8.69. The highest BCUT2D eigenvalue weighted by molar-refractivity contribution is 7.99. The number of ether oxygens (including phenoxy) is 1. The van der Waals surface area contributed by atoms with Crippen molar-refractivity contribution in [1.82, 2.24) is 14.8 Å². The van der Waals surface area contributed by atoms with Gasteiger partial charge in [-0.3, -0.25) is 9.36 Å². The van der Waals surface area contributed by atoms with Crippen LogP contribution in [0.3, 0.4) is 0 Å². The van der Waals surface area contributed by atoms with Gasteiger partial charge in [0, 0.05) is 17.3 Å². The first-order chi connectivity index (χ1) is 15.5. The Hall–Kier alpha value is -2.77. The molecule has 0 saturated carbocycles. The predicted octanol–water partition coefficient (Wildman–Crippen LogP) is 5.69. The van der Waals surface area contributed by atoms with Crippen molar-refractivity contribution in [3.05, 3.63) is 77.1 Å². The van der Waals surface area contributed by atoms with Gasteiger partial charge in [0.15, 0.2) is 11.0 Å². The highest BCUT2D eigenvalue weighted by Gasteiger charge is 2.14. The zero-order valence-corrected chi connectivity index (χ0v) is 19.9. The van der Waals surface area contributed by atoms with E-state index in [0.29, 0.717) is 28.2 Å². The molecule has 8 heteroatoms. The number of hydrogen-bond donors (Lipinski definition) is 1. The number of carbonyl (C=O) groups is 1. The molecule has 0 radical (unpaired) electrons. The number of nitrogens with one attached hydrogen (secondary N) is 1. The fourth-order valence-corrected chi connectivity index (χ4v) is 3.98. The highest BCUT2D eigenvalue weighted by atomic mass is 35.5. The minimum absolute atomic E-state index is 0.145. The van der Waals surface area contributed by atoms with Gasteiger partial charge in [0.2, 0.25) is 5.91 Å². The Morgan fingerprint density at radius 3 is 2.72 bits per heavy atom. The Balaban J connectivity index is 1.59. The molecule has 0 atom stereocenters. The van der Waals surface area contributed by atoms with Crippen molar-refractivity contribution in [2.45, 2.75) is 45.0 Å². The lowest BCUT2D eigenvalue weighted by Gasteiger charge is -2.10. The van der Waals surface area contributed by atoms with Gasteiger partial charge >= 0.3 is 0 Å². The van der Waals surface area contributed by atoms with E-state index in [1.807, 2.05) is 35.8 Å². The number of allylic oxidation sites excluding steroid dienone is 1. The molecule has 168 valence electrons. The van der Waals surface area contributed by atoms with Crippen LogP contribution < -0.4 is 10.1 Å². The highest BCUT2D eigenvalue weighted by Crippen LogP contribution is 2.22. The summed E-state index contributed by atoms with van der Waals surface area (Å²) in [6, 6.07) is 13.5. The lowest BCUT2D eigenvalue weighted by atomic mass is 10.1. The van der Waals surface area contributed by atoms with Gasteiger partial charge in [0.1, 0.15) is 12.4 Å². The molecular formula is C24H27ClN4O2S. The molecule has 0 aliphatic carbocycles. The normalized spacial score (nSPS) is 10.7. The predicted molar refractivity (Wildman–Crippen MR) is 131 cm³/mol. The molecule has 3 aromatic rings. The minimum Gasteiger partial charge on any atom is -0.486 e. The van der Waals surface area contributed by atoms with Crippen molar-refractivity contribution in [2.75, 3.05) is 11.1 Å². The molecule has 1 heterocycles. The van der Waals surface area contributed by atoms with E-state index in [1.165, 1.54) is 17.3 Å². The fraction of sp³-hybridized carbons (Fsp3) is 0.292. The number of amides is 1. The van der Waals surface area contributed by atoms with Crippen LogP contribution >= 0.6 is 23.4 Å². The smallest absolute Gasteiger partial charge is 0.234 e. The lowest BCUT2D eigenvalue weighted by Crippen LogP contribution is -2.15. The van der Waals surface area contributed by atoms with Gasteiger partial charge in [-0.05, 0) is 48.7 Å². The van der Waals surface area contributed by atoms with E-state index in [1.54, 1.807) is 12.1 Å². The van der Waals surface area contributed by atoms with Crippen molar-refractivity contribution in [1.29, 1.82) is 0 Å². The number of anilines is 1. The first kappa shape index (κ1) is 23.9. The van der Waals surface area contributed by atoms with Crippen LogP contribution in [-0.2, 0) is 24.4 Å². The van der Waals surface area contributed by atoms with Gasteiger partial charge in [-0.2, -0.15) is 0 Å². The van der Waals surface area contributed by atoms with Gasteiger partial charge < -0.3 is 10.1 Å².